The van der Waals surface area contributed by atoms with Gasteiger partial charge in [0, 0.05) is 17.7 Å². The van der Waals surface area contributed by atoms with Crippen molar-refractivity contribution in [3.8, 4) is 22.8 Å². The molecular formula is C14H11N5O3. The molecule has 1 aromatic heterocycles. The summed E-state index contributed by atoms with van der Waals surface area (Å²) in [5.74, 6) is 1.23. The second-order valence-corrected chi connectivity index (χ2v) is 4.42. The number of benzene rings is 2. The van der Waals surface area contributed by atoms with Crippen molar-refractivity contribution in [2.45, 2.75) is 0 Å². The van der Waals surface area contributed by atoms with Gasteiger partial charge < -0.3 is 4.74 Å². The molecule has 0 fully saturated rings. The van der Waals surface area contributed by atoms with Crippen molar-refractivity contribution in [2.24, 2.45) is 0 Å². The van der Waals surface area contributed by atoms with Crippen molar-refractivity contribution in [1.82, 2.24) is 20.2 Å². The van der Waals surface area contributed by atoms with Crippen molar-refractivity contribution in [3.63, 3.8) is 0 Å². The van der Waals surface area contributed by atoms with Gasteiger partial charge in [0.25, 0.3) is 5.69 Å². The number of rotatable bonds is 4. The van der Waals surface area contributed by atoms with Crippen LogP contribution in [0, 0.1) is 10.1 Å². The number of methoxy groups -OCH3 is 1. The molecule has 22 heavy (non-hydrogen) atoms. The van der Waals surface area contributed by atoms with E-state index in [9.17, 15) is 10.1 Å². The lowest BCUT2D eigenvalue weighted by atomic mass is 10.2. The molecule has 8 nitrogen and oxygen atoms in total. The third kappa shape index (κ3) is 2.49. The summed E-state index contributed by atoms with van der Waals surface area (Å²) in [5.41, 5.74) is 1.47. The molecule has 0 unspecified atom stereocenters. The average Bonchev–Trinajstić information content (AvgIpc) is 3.04. The fourth-order valence-electron chi connectivity index (χ4n) is 2.00. The van der Waals surface area contributed by atoms with Gasteiger partial charge in [0.05, 0.1) is 17.7 Å². The monoisotopic (exact) mass is 297 g/mol. The molecule has 0 aliphatic rings. The minimum absolute atomic E-state index is 0.0206. The standard InChI is InChI=1S/C14H11N5O3/c1-22-13-8-6-11(7-9-13)18-14(15-16-17-18)10-2-4-12(5-3-10)19(20)21/h2-9H,1H3. The fourth-order valence-corrected chi connectivity index (χ4v) is 2.00. The van der Waals surface area contributed by atoms with E-state index in [-0.39, 0.29) is 5.69 Å². The maximum Gasteiger partial charge on any atom is 0.269 e. The summed E-state index contributed by atoms with van der Waals surface area (Å²) in [7, 11) is 1.59. The van der Waals surface area contributed by atoms with Gasteiger partial charge in [-0.3, -0.25) is 10.1 Å². The molecule has 2 aromatic carbocycles. The van der Waals surface area contributed by atoms with Crippen LogP contribution < -0.4 is 4.74 Å². The zero-order valence-corrected chi connectivity index (χ0v) is 11.6. The van der Waals surface area contributed by atoms with Gasteiger partial charge in [-0.25, -0.2) is 0 Å². The van der Waals surface area contributed by atoms with Gasteiger partial charge in [-0.15, -0.1) is 5.10 Å². The van der Waals surface area contributed by atoms with Gasteiger partial charge >= 0.3 is 0 Å². The molecule has 0 bridgehead atoms. The van der Waals surface area contributed by atoms with E-state index in [4.69, 9.17) is 4.74 Å². The molecule has 110 valence electrons. The maximum absolute atomic E-state index is 10.7. The third-order valence-electron chi connectivity index (χ3n) is 3.12. The van der Waals surface area contributed by atoms with Gasteiger partial charge in [-0.05, 0) is 46.8 Å². The normalized spacial score (nSPS) is 10.4. The summed E-state index contributed by atoms with van der Waals surface area (Å²) >= 11 is 0. The molecule has 0 N–H and O–H groups in total. The highest BCUT2D eigenvalue weighted by atomic mass is 16.6. The second-order valence-electron chi connectivity index (χ2n) is 4.42. The Labute approximate surface area is 125 Å². The van der Waals surface area contributed by atoms with Crippen molar-refractivity contribution in [1.29, 1.82) is 0 Å². The first kappa shape index (κ1) is 13.7. The predicted octanol–water partition coefficient (Wildman–Crippen LogP) is 2.25. The quantitative estimate of drug-likeness (QED) is 0.541. The van der Waals surface area contributed by atoms with Gasteiger partial charge in [-0.1, -0.05) is 0 Å². The Morgan fingerprint density at radius 1 is 1.09 bits per heavy atom. The van der Waals surface area contributed by atoms with Gasteiger partial charge in [0.2, 0.25) is 0 Å². The summed E-state index contributed by atoms with van der Waals surface area (Å²) in [5, 5.41) is 22.3. The Hall–Kier alpha value is -3.29. The molecule has 0 radical (unpaired) electrons. The van der Waals surface area contributed by atoms with Crippen LogP contribution in [0.5, 0.6) is 5.75 Å². The topological polar surface area (TPSA) is 96.0 Å². The number of non-ortho nitro benzene ring substituents is 1. The van der Waals surface area contributed by atoms with E-state index in [0.717, 1.165) is 11.4 Å². The first-order valence-electron chi connectivity index (χ1n) is 6.36. The number of nitro benzene ring substituents is 1. The Morgan fingerprint density at radius 3 is 2.36 bits per heavy atom. The van der Waals surface area contributed by atoms with Crippen molar-refractivity contribution in [3.05, 3.63) is 58.6 Å². The number of nitrogens with zero attached hydrogens (tertiary/aromatic N) is 5. The molecule has 3 rings (SSSR count). The number of hydrogen-bond donors (Lipinski definition) is 0. The van der Waals surface area contributed by atoms with E-state index in [1.807, 2.05) is 12.1 Å². The zero-order chi connectivity index (χ0) is 15.5. The molecule has 0 aliphatic heterocycles. The highest BCUT2D eigenvalue weighted by Gasteiger charge is 2.12. The summed E-state index contributed by atoms with van der Waals surface area (Å²) in [6.45, 7) is 0. The minimum Gasteiger partial charge on any atom is -0.497 e. The van der Waals surface area contributed by atoms with E-state index in [1.54, 1.807) is 36.1 Å². The molecule has 3 aromatic rings. The lowest BCUT2D eigenvalue weighted by molar-refractivity contribution is -0.384. The Morgan fingerprint density at radius 2 is 1.77 bits per heavy atom. The SMILES string of the molecule is COc1ccc(-n2nnnc2-c2ccc([N+](=O)[O-])cc2)cc1. The smallest absolute Gasteiger partial charge is 0.269 e. The Kier molecular flexibility index (Phi) is 3.48. The lowest BCUT2D eigenvalue weighted by Crippen LogP contribution is -2.00. The number of tetrazole rings is 1. The molecular weight excluding hydrogens is 286 g/mol. The molecule has 0 saturated carbocycles. The molecule has 0 aliphatic carbocycles. The summed E-state index contributed by atoms with van der Waals surface area (Å²) in [4.78, 5) is 10.2. The van der Waals surface area contributed by atoms with Crippen LogP contribution in [-0.4, -0.2) is 32.2 Å². The average molecular weight is 297 g/mol. The van der Waals surface area contributed by atoms with E-state index in [1.165, 1.54) is 12.1 Å². The Balaban J connectivity index is 1.99. The maximum atomic E-state index is 10.7. The van der Waals surface area contributed by atoms with Crippen LogP contribution >= 0.6 is 0 Å². The van der Waals surface area contributed by atoms with Gasteiger partial charge in [-0.2, -0.15) is 4.68 Å². The van der Waals surface area contributed by atoms with E-state index < -0.39 is 4.92 Å². The van der Waals surface area contributed by atoms with Crippen LogP contribution in [0.25, 0.3) is 17.1 Å². The molecule has 0 amide bonds. The van der Waals surface area contributed by atoms with Crippen molar-refractivity contribution in [2.75, 3.05) is 7.11 Å². The van der Waals surface area contributed by atoms with Crippen molar-refractivity contribution < 1.29 is 9.66 Å². The highest BCUT2D eigenvalue weighted by molar-refractivity contribution is 5.59. The van der Waals surface area contributed by atoms with Gasteiger partial charge in [0.1, 0.15) is 5.75 Å². The number of nitro groups is 1. The largest absolute Gasteiger partial charge is 0.497 e. The van der Waals surface area contributed by atoms with Crippen LogP contribution in [0.2, 0.25) is 0 Å². The van der Waals surface area contributed by atoms with Crippen LogP contribution in [0.3, 0.4) is 0 Å². The number of aromatic nitrogens is 4. The summed E-state index contributed by atoms with van der Waals surface area (Å²) in [6.07, 6.45) is 0. The van der Waals surface area contributed by atoms with Gasteiger partial charge in [0.15, 0.2) is 5.82 Å². The molecule has 0 atom stereocenters. The van der Waals surface area contributed by atoms with Crippen LogP contribution in [0.15, 0.2) is 48.5 Å². The van der Waals surface area contributed by atoms with Crippen LogP contribution in [0.1, 0.15) is 0 Å². The van der Waals surface area contributed by atoms with Crippen molar-refractivity contribution >= 4 is 5.69 Å². The highest BCUT2D eigenvalue weighted by Crippen LogP contribution is 2.23. The predicted molar refractivity (Wildman–Crippen MR) is 77.8 cm³/mol. The molecule has 0 saturated heterocycles. The van der Waals surface area contributed by atoms with E-state index >= 15 is 0 Å². The zero-order valence-electron chi connectivity index (χ0n) is 11.6. The van der Waals surface area contributed by atoms with E-state index in [0.29, 0.717) is 11.4 Å². The van der Waals surface area contributed by atoms with Crippen LogP contribution in [-0.2, 0) is 0 Å². The second kappa shape index (κ2) is 5.60. The fraction of sp³-hybridized carbons (Fsp3) is 0.0714. The molecule has 8 heteroatoms. The minimum atomic E-state index is -0.448. The number of hydrogen-bond acceptors (Lipinski definition) is 6. The molecule has 1 heterocycles. The first-order chi connectivity index (χ1) is 10.7. The summed E-state index contributed by atoms with van der Waals surface area (Å²) < 4.78 is 6.67. The van der Waals surface area contributed by atoms with Crippen LogP contribution in [0.4, 0.5) is 5.69 Å². The lowest BCUT2D eigenvalue weighted by Gasteiger charge is -2.05. The number of ether oxygens (including phenoxy) is 1. The Bertz CT molecular complexity index is 796. The first-order valence-corrected chi connectivity index (χ1v) is 6.36. The van der Waals surface area contributed by atoms with E-state index in [2.05, 4.69) is 15.5 Å². The third-order valence-corrected chi connectivity index (χ3v) is 3.12. The summed E-state index contributed by atoms with van der Waals surface area (Å²) in [6, 6.07) is 13.3. The molecule has 0 spiro atoms.